The normalized spacial score (nSPS) is 37.6. The van der Waals surface area contributed by atoms with E-state index in [4.69, 9.17) is 4.98 Å². The number of aliphatic hydroxyl groups excluding tert-OH is 2. The minimum absolute atomic E-state index is 0.0253. The average Bonchev–Trinajstić information content (AvgIpc) is 3.07. The summed E-state index contributed by atoms with van der Waals surface area (Å²) in [6.45, 7) is 6.31. The maximum absolute atomic E-state index is 13.1. The highest BCUT2D eigenvalue weighted by Crippen LogP contribution is 2.62. The Kier molecular flexibility index (Phi) is 5.82. The molecule has 5 nitrogen and oxygen atoms in total. The number of amides is 1. The summed E-state index contributed by atoms with van der Waals surface area (Å²) in [6, 6.07) is 0.316. The van der Waals surface area contributed by atoms with Crippen LogP contribution in [0.5, 0.6) is 0 Å². The van der Waals surface area contributed by atoms with Crippen molar-refractivity contribution in [3.05, 3.63) is 15.6 Å². The number of carbonyl (C=O) groups excluding carboxylic acids is 1. The van der Waals surface area contributed by atoms with Crippen molar-refractivity contribution in [2.45, 2.75) is 96.6 Å². The van der Waals surface area contributed by atoms with Gasteiger partial charge in [-0.25, -0.2) is 4.98 Å². The van der Waals surface area contributed by atoms with Gasteiger partial charge >= 0.3 is 0 Å². The van der Waals surface area contributed by atoms with Crippen molar-refractivity contribution in [1.29, 1.82) is 0 Å². The van der Waals surface area contributed by atoms with E-state index in [-0.39, 0.29) is 29.8 Å². The van der Waals surface area contributed by atoms with Crippen LogP contribution in [0.3, 0.4) is 0 Å². The number of nitrogens with zero attached hydrogens (tertiary/aromatic N) is 1. The number of aryl methyl sites for hydroxylation is 1. The second kappa shape index (κ2) is 7.93. The summed E-state index contributed by atoms with van der Waals surface area (Å²) in [6.07, 6.45) is 8.19. The number of nitrogens with one attached hydrogen (secondary N) is 1. The summed E-state index contributed by atoms with van der Waals surface area (Å²) in [5.41, 5.74) is 0.413. The Bertz CT molecular complexity index is 759. The Labute approximate surface area is 178 Å². The van der Waals surface area contributed by atoms with Crippen molar-refractivity contribution in [3.8, 4) is 0 Å². The predicted molar refractivity (Wildman–Crippen MR) is 115 cm³/mol. The van der Waals surface area contributed by atoms with Crippen LogP contribution in [0.4, 0.5) is 0 Å². The first kappa shape index (κ1) is 21.3. The first-order chi connectivity index (χ1) is 13.8. The van der Waals surface area contributed by atoms with Gasteiger partial charge in [0.2, 0.25) is 5.91 Å². The van der Waals surface area contributed by atoms with Crippen LogP contribution in [-0.4, -0.2) is 39.9 Å². The van der Waals surface area contributed by atoms with Crippen LogP contribution >= 0.6 is 11.3 Å². The summed E-state index contributed by atoms with van der Waals surface area (Å²) < 4.78 is 0. The SMILES string of the molecule is Cc1nc2c(s1)CC1C(C)(CO)C(O)CCC1(C)C2CC(=O)NC1CCCCC1. The van der Waals surface area contributed by atoms with Gasteiger partial charge in [-0.05, 0) is 50.4 Å². The average molecular weight is 421 g/mol. The fourth-order valence-electron chi connectivity index (χ4n) is 6.49. The highest BCUT2D eigenvalue weighted by atomic mass is 32.1. The van der Waals surface area contributed by atoms with Crippen LogP contribution < -0.4 is 5.32 Å². The molecule has 0 saturated heterocycles. The molecule has 0 radical (unpaired) electrons. The molecule has 4 rings (SSSR count). The summed E-state index contributed by atoms with van der Waals surface area (Å²) in [5.74, 6) is 0.323. The number of hydrogen-bond donors (Lipinski definition) is 3. The lowest BCUT2D eigenvalue weighted by Gasteiger charge is -2.58. The van der Waals surface area contributed by atoms with Gasteiger partial charge in [0, 0.05) is 28.7 Å². The Morgan fingerprint density at radius 3 is 2.66 bits per heavy atom. The molecule has 29 heavy (non-hydrogen) atoms. The zero-order valence-corrected chi connectivity index (χ0v) is 18.9. The van der Waals surface area contributed by atoms with E-state index in [9.17, 15) is 15.0 Å². The molecule has 1 aromatic heterocycles. The molecule has 1 amide bonds. The lowest BCUT2D eigenvalue weighted by atomic mass is 9.47. The van der Waals surface area contributed by atoms with Gasteiger partial charge in [0.05, 0.1) is 23.4 Å². The molecular weight excluding hydrogens is 384 g/mol. The van der Waals surface area contributed by atoms with E-state index < -0.39 is 11.5 Å². The molecular formula is C23H36N2O3S. The fourth-order valence-corrected chi connectivity index (χ4v) is 7.53. The maximum Gasteiger partial charge on any atom is 0.220 e. The monoisotopic (exact) mass is 420 g/mol. The van der Waals surface area contributed by atoms with Gasteiger partial charge in [-0.3, -0.25) is 4.79 Å². The topological polar surface area (TPSA) is 82.5 Å². The Morgan fingerprint density at radius 2 is 1.97 bits per heavy atom. The Balaban J connectivity index is 1.64. The molecule has 3 aliphatic rings. The van der Waals surface area contributed by atoms with Gasteiger partial charge in [-0.15, -0.1) is 11.3 Å². The second-order valence-electron chi connectivity index (χ2n) is 10.2. The van der Waals surface area contributed by atoms with Gasteiger partial charge in [-0.2, -0.15) is 0 Å². The number of aromatic nitrogens is 1. The van der Waals surface area contributed by atoms with Crippen LogP contribution in [-0.2, 0) is 11.2 Å². The van der Waals surface area contributed by atoms with Crippen molar-refractivity contribution >= 4 is 17.2 Å². The molecule has 6 heteroatoms. The number of aliphatic hydroxyl groups is 2. The van der Waals surface area contributed by atoms with Crippen molar-refractivity contribution < 1.29 is 15.0 Å². The number of carbonyl (C=O) groups is 1. The van der Waals surface area contributed by atoms with Crippen LogP contribution in [0.25, 0.3) is 0 Å². The molecule has 3 aliphatic carbocycles. The molecule has 3 N–H and O–H groups in total. The van der Waals surface area contributed by atoms with Crippen molar-refractivity contribution in [3.63, 3.8) is 0 Å². The van der Waals surface area contributed by atoms with E-state index >= 15 is 0 Å². The fraction of sp³-hybridized carbons (Fsp3) is 0.826. The lowest BCUT2D eigenvalue weighted by Crippen LogP contribution is -2.57. The summed E-state index contributed by atoms with van der Waals surface area (Å²) >= 11 is 1.72. The predicted octanol–water partition coefficient (Wildman–Crippen LogP) is 3.71. The van der Waals surface area contributed by atoms with Crippen molar-refractivity contribution in [2.24, 2.45) is 16.7 Å². The highest BCUT2D eigenvalue weighted by Gasteiger charge is 2.59. The van der Waals surface area contributed by atoms with E-state index in [2.05, 4.69) is 12.2 Å². The highest BCUT2D eigenvalue weighted by molar-refractivity contribution is 7.11. The summed E-state index contributed by atoms with van der Waals surface area (Å²) in [5, 5.41) is 25.4. The molecule has 5 atom stereocenters. The van der Waals surface area contributed by atoms with Gasteiger partial charge in [0.25, 0.3) is 0 Å². The second-order valence-corrected chi connectivity index (χ2v) is 11.5. The first-order valence-electron chi connectivity index (χ1n) is 11.3. The largest absolute Gasteiger partial charge is 0.396 e. The minimum Gasteiger partial charge on any atom is -0.396 e. The van der Waals surface area contributed by atoms with Crippen LogP contribution in [0.2, 0.25) is 0 Å². The molecule has 1 aromatic rings. The molecule has 2 saturated carbocycles. The molecule has 0 spiro atoms. The molecule has 5 unspecified atom stereocenters. The van der Waals surface area contributed by atoms with Crippen molar-refractivity contribution in [1.82, 2.24) is 10.3 Å². The van der Waals surface area contributed by atoms with Gasteiger partial charge in [0.1, 0.15) is 0 Å². The standard InChI is InChI=1S/C23H36N2O3S/c1-14-24-21-16(11-20(28)25-15-7-5-4-6-8-15)22(2)10-9-19(27)23(3,13-26)18(22)12-17(21)29-14/h15-16,18-19,26-27H,4-13H2,1-3H3,(H,25,28). The van der Waals surface area contributed by atoms with Crippen LogP contribution in [0, 0.1) is 23.7 Å². The lowest BCUT2D eigenvalue weighted by molar-refractivity contribution is -0.144. The third-order valence-electron chi connectivity index (χ3n) is 8.36. The van der Waals surface area contributed by atoms with E-state index in [0.717, 1.165) is 36.4 Å². The van der Waals surface area contributed by atoms with Gasteiger partial charge < -0.3 is 15.5 Å². The smallest absolute Gasteiger partial charge is 0.220 e. The minimum atomic E-state index is -0.541. The number of thiazole rings is 1. The van der Waals surface area contributed by atoms with E-state index in [1.165, 1.54) is 24.1 Å². The van der Waals surface area contributed by atoms with Crippen molar-refractivity contribution in [2.75, 3.05) is 6.61 Å². The molecule has 2 fully saturated rings. The number of rotatable bonds is 4. The van der Waals surface area contributed by atoms with Gasteiger partial charge in [-0.1, -0.05) is 33.1 Å². The maximum atomic E-state index is 13.1. The zero-order chi connectivity index (χ0) is 20.8. The first-order valence-corrected chi connectivity index (χ1v) is 12.1. The van der Waals surface area contributed by atoms with Crippen LogP contribution in [0.15, 0.2) is 0 Å². The number of fused-ring (bicyclic) bond motifs is 2. The zero-order valence-electron chi connectivity index (χ0n) is 18.0. The Hall–Kier alpha value is -0.980. The Morgan fingerprint density at radius 1 is 1.24 bits per heavy atom. The van der Waals surface area contributed by atoms with E-state index in [1.54, 1.807) is 11.3 Å². The molecule has 0 bridgehead atoms. The van der Waals surface area contributed by atoms with E-state index in [0.29, 0.717) is 18.9 Å². The molecule has 1 heterocycles. The van der Waals surface area contributed by atoms with Gasteiger partial charge in [0.15, 0.2) is 0 Å². The quantitative estimate of drug-likeness (QED) is 0.693. The summed E-state index contributed by atoms with van der Waals surface area (Å²) in [7, 11) is 0. The third-order valence-corrected chi connectivity index (χ3v) is 9.37. The molecule has 0 aliphatic heterocycles. The number of hydrogen-bond acceptors (Lipinski definition) is 5. The third kappa shape index (κ3) is 3.66. The molecule has 162 valence electrons. The summed E-state index contributed by atoms with van der Waals surface area (Å²) in [4.78, 5) is 19.2. The van der Waals surface area contributed by atoms with E-state index in [1.807, 2.05) is 13.8 Å². The molecule has 0 aromatic carbocycles. The van der Waals surface area contributed by atoms with Crippen LogP contribution in [0.1, 0.15) is 86.7 Å².